The lowest BCUT2D eigenvalue weighted by Crippen LogP contribution is -2.12. The van der Waals surface area contributed by atoms with Crippen molar-refractivity contribution in [2.24, 2.45) is 0 Å². The van der Waals surface area contributed by atoms with Gasteiger partial charge in [-0.1, -0.05) is 29.8 Å². The molecule has 4 nitrogen and oxygen atoms in total. The zero-order valence-electron chi connectivity index (χ0n) is 10.8. The molecule has 1 aliphatic carbocycles. The van der Waals surface area contributed by atoms with E-state index in [1.54, 1.807) is 17.0 Å². The van der Waals surface area contributed by atoms with Gasteiger partial charge in [-0.15, -0.1) is 0 Å². The van der Waals surface area contributed by atoms with Crippen LogP contribution in [0.1, 0.15) is 30.0 Å². The van der Waals surface area contributed by atoms with E-state index in [-0.39, 0.29) is 10.9 Å². The topological polar surface area (TPSA) is 52.0 Å². The lowest BCUT2D eigenvalue weighted by Gasteiger charge is -2.07. The summed E-state index contributed by atoms with van der Waals surface area (Å²) in [5.41, 5.74) is 1.93. The zero-order chi connectivity index (χ0) is 13.5. The smallest absolute Gasteiger partial charge is 0.228 e. The largest absolute Gasteiger partial charge is 0.319 e. The average Bonchev–Trinajstić information content (AvgIpc) is 3.09. The zero-order valence-corrected chi connectivity index (χ0v) is 11.6. The third-order valence-corrected chi connectivity index (χ3v) is 4.91. The van der Waals surface area contributed by atoms with Crippen LogP contribution in [0.4, 0.5) is 0 Å². The third-order valence-electron chi connectivity index (χ3n) is 3.33. The summed E-state index contributed by atoms with van der Waals surface area (Å²) in [6.07, 6.45) is 5.42. The highest BCUT2D eigenvalue weighted by Gasteiger charge is 2.30. The number of hydrogen-bond acceptors (Lipinski definition) is 3. The molecule has 0 unspecified atom stereocenters. The van der Waals surface area contributed by atoms with Crippen molar-refractivity contribution in [3.8, 4) is 0 Å². The number of nitrogens with zero attached hydrogens (tertiary/aromatic N) is 2. The Balaban J connectivity index is 1.90. The van der Waals surface area contributed by atoms with Crippen molar-refractivity contribution in [3.05, 3.63) is 47.8 Å². The summed E-state index contributed by atoms with van der Waals surface area (Å²) in [6, 6.07) is 7.90. The predicted molar refractivity (Wildman–Crippen MR) is 72.6 cm³/mol. The quantitative estimate of drug-likeness (QED) is 0.862. The van der Waals surface area contributed by atoms with Gasteiger partial charge in [-0.05, 0) is 25.3 Å². The van der Waals surface area contributed by atoms with Crippen molar-refractivity contribution in [1.29, 1.82) is 0 Å². The van der Waals surface area contributed by atoms with Crippen molar-refractivity contribution < 1.29 is 8.42 Å². The van der Waals surface area contributed by atoms with Crippen LogP contribution < -0.4 is 0 Å². The third kappa shape index (κ3) is 2.56. The maximum Gasteiger partial charge on any atom is 0.228 e. The molecule has 1 saturated carbocycles. The van der Waals surface area contributed by atoms with Crippen LogP contribution in [0.15, 0.2) is 41.8 Å². The molecule has 1 fully saturated rings. The van der Waals surface area contributed by atoms with Gasteiger partial charge in [0.15, 0.2) is 0 Å². The second-order valence-corrected chi connectivity index (χ2v) is 6.98. The number of rotatable bonds is 4. The molecule has 0 atom stereocenters. The van der Waals surface area contributed by atoms with Gasteiger partial charge in [-0.2, -0.15) is 0 Å². The molecule has 1 aromatic carbocycles. The SMILES string of the molecule is Cc1ccc(CS(=O)(=O)c2nccn2C2CC2)cc1. The van der Waals surface area contributed by atoms with Crippen LogP contribution in [-0.2, 0) is 15.6 Å². The second-order valence-electron chi connectivity index (χ2n) is 5.09. The van der Waals surface area contributed by atoms with Gasteiger partial charge in [0.1, 0.15) is 0 Å². The standard InChI is InChI=1S/C14H16N2O2S/c1-11-2-4-12(5-3-11)10-19(17,18)14-15-8-9-16(14)13-6-7-13/h2-5,8-9,13H,6-7,10H2,1H3. The Labute approximate surface area is 113 Å². The summed E-state index contributed by atoms with van der Waals surface area (Å²) >= 11 is 0. The van der Waals surface area contributed by atoms with Crippen LogP contribution >= 0.6 is 0 Å². The molecule has 5 heteroatoms. The normalized spacial score (nSPS) is 15.6. The molecule has 0 bridgehead atoms. The van der Waals surface area contributed by atoms with Crippen LogP contribution in [0.25, 0.3) is 0 Å². The number of hydrogen-bond donors (Lipinski definition) is 0. The average molecular weight is 276 g/mol. The summed E-state index contributed by atoms with van der Waals surface area (Å²) in [7, 11) is -3.37. The summed E-state index contributed by atoms with van der Waals surface area (Å²) in [4.78, 5) is 4.04. The Hall–Kier alpha value is -1.62. The Morgan fingerprint density at radius 2 is 1.95 bits per heavy atom. The predicted octanol–water partition coefficient (Wildman–Crippen LogP) is 2.50. The summed E-state index contributed by atoms with van der Waals surface area (Å²) in [6.45, 7) is 1.98. The molecular formula is C14H16N2O2S. The molecule has 1 aromatic heterocycles. The lowest BCUT2D eigenvalue weighted by atomic mass is 10.2. The summed E-state index contributed by atoms with van der Waals surface area (Å²) in [5, 5.41) is 0.204. The van der Waals surface area contributed by atoms with Gasteiger partial charge >= 0.3 is 0 Å². The van der Waals surface area contributed by atoms with Crippen molar-refractivity contribution in [3.63, 3.8) is 0 Å². The minimum absolute atomic E-state index is 0.0109. The Morgan fingerprint density at radius 3 is 2.58 bits per heavy atom. The van der Waals surface area contributed by atoms with Gasteiger partial charge < -0.3 is 4.57 Å². The first-order valence-electron chi connectivity index (χ1n) is 6.37. The first kappa shape index (κ1) is 12.4. The van der Waals surface area contributed by atoms with Crippen molar-refractivity contribution in [2.45, 2.75) is 36.7 Å². The molecular weight excluding hydrogens is 260 g/mol. The van der Waals surface area contributed by atoms with Gasteiger partial charge in [0.2, 0.25) is 15.0 Å². The number of aromatic nitrogens is 2. The van der Waals surface area contributed by atoms with E-state index in [0.717, 1.165) is 24.0 Å². The van der Waals surface area contributed by atoms with Gasteiger partial charge in [-0.25, -0.2) is 13.4 Å². The first-order chi connectivity index (χ1) is 9.06. The number of imidazole rings is 1. The van der Waals surface area contributed by atoms with Crippen molar-refractivity contribution in [2.75, 3.05) is 0 Å². The molecule has 0 spiro atoms. The van der Waals surface area contributed by atoms with E-state index in [1.807, 2.05) is 31.2 Å². The molecule has 19 heavy (non-hydrogen) atoms. The summed E-state index contributed by atoms with van der Waals surface area (Å²) in [5.74, 6) is 0.0109. The molecule has 0 radical (unpaired) electrons. The minimum Gasteiger partial charge on any atom is -0.319 e. The van der Waals surface area contributed by atoms with Crippen LogP contribution in [0.5, 0.6) is 0 Å². The Morgan fingerprint density at radius 1 is 1.26 bits per heavy atom. The van der Waals surface area contributed by atoms with Crippen LogP contribution in [0, 0.1) is 6.92 Å². The maximum absolute atomic E-state index is 12.4. The molecule has 0 aliphatic heterocycles. The van der Waals surface area contributed by atoms with E-state index in [9.17, 15) is 8.42 Å². The first-order valence-corrected chi connectivity index (χ1v) is 8.02. The van der Waals surface area contributed by atoms with Gasteiger partial charge in [-0.3, -0.25) is 0 Å². The van der Waals surface area contributed by atoms with Crippen LogP contribution in [0.2, 0.25) is 0 Å². The van der Waals surface area contributed by atoms with Gasteiger partial charge in [0.05, 0.1) is 5.75 Å². The fraction of sp³-hybridized carbons (Fsp3) is 0.357. The lowest BCUT2D eigenvalue weighted by molar-refractivity contribution is 0.564. The highest BCUT2D eigenvalue weighted by molar-refractivity contribution is 7.90. The Bertz CT molecular complexity index is 682. The monoisotopic (exact) mass is 276 g/mol. The van der Waals surface area contributed by atoms with Crippen molar-refractivity contribution >= 4 is 9.84 Å². The molecule has 1 aliphatic rings. The summed E-state index contributed by atoms with van der Waals surface area (Å²) < 4.78 is 26.6. The maximum atomic E-state index is 12.4. The molecule has 1 heterocycles. The molecule has 0 amide bonds. The molecule has 3 rings (SSSR count). The highest BCUT2D eigenvalue weighted by atomic mass is 32.2. The number of aryl methyl sites for hydroxylation is 1. The Kier molecular flexibility index (Phi) is 2.93. The number of sulfone groups is 1. The highest BCUT2D eigenvalue weighted by Crippen LogP contribution is 2.36. The fourth-order valence-electron chi connectivity index (χ4n) is 2.14. The van der Waals surface area contributed by atoms with E-state index in [0.29, 0.717) is 6.04 Å². The van der Waals surface area contributed by atoms with E-state index in [2.05, 4.69) is 4.98 Å². The molecule has 100 valence electrons. The molecule has 0 N–H and O–H groups in total. The van der Waals surface area contributed by atoms with Gasteiger partial charge in [0.25, 0.3) is 0 Å². The van der Waals surface area contributed by atoms with E-state index >= 15 is 0 Å². The second kappa shape index (κ2) is 4.49. The van der Waals surface area contributed by atoms with E-state index in [4.69, 9.17) is 0 Å². The van der Waals surface area contributed by atoms with Crippen LogP contribution in [-0.4, -0.2) is 18.0 Å². The molecule has 2 aromatic rings. The van der Waals surface area contributed by atoms with Gasteiger partial charge in [0, 0.05) is 18.4 Å². The van der Waals surface area contributed by atoms with E-state index in [1.165, 1.54) is 0 Å². The van der Waals surface area contributed by atoms with Crippen molar-refractivity contribution in [1.82, 2.24) is 9.55 Å². The molecule has 0 saturated heterocycles. The van der Waals surface area contributed by atoms with Crippen LogP contribution in [0.3, 0.4) is 0 Å². The van der Waals surface area contributed by atoms with E-state index < -0.39 is 9.84 Å². The fourth-order valence-corrected chi connectivity index (χ4v) is 3.65. The minimum atomic E-state index is -3.37. The number of benzene rings is 1.